The molecule has 2 aromatic carbocycles. The van der Waals surface area contributed by atoms with Gasteiger partial charge in [0, 0.05) is 34.3 Å². The van der Waals surface area contributed by atoms with Crippen LogP contribution in [0.15, 0.2) is 53.5 Å². The Hall–Kier alpha value is -4.02. The average Bonchev–Trinajstić information content (AvgIpc) is 3.47. The predicted octanol–water partition coefficient (Wildman–Crippen LogP) is 5.29. The van der Waals surface area contributed by atoms with Crippen molar-refractivity contribution < 1.29 is 19.0 Å². The average molecular weight is 560 g/mol. The highest BCUT2D eigenvalue weighted by Crippen LogP contribution is 2.37. The van der Waals surface area contributed by atoms with Crippen molar-refractivity contribution in [2.75, 3.05) is 45.8 Å². The van der Waals surface area contributed by atoms with Gasteiger partial charge in [-0.3, -0.25) is 9.79 Å². The molecule has 0 spiro atoms. The molecule has 0 saturated carbocycles. The van der Waals surface area contributed by atoms with Crippen molar-refractivity contribution >= 4 is 40.2 Å². The van der Waals surface area contributed by atoms with Crippen molar-refractivity contribution in [3.63, 3.8) is 0 Å². The highest BCUT2D eigenvalue weighted by atomic mass is 32.1. The van der Waals surface area contributed by atoms with E-state index < -0.39 is 0 Å². The van der Waals surface area contributed by atoms with Crippen LogP contribution in [-0.4, -0.2) is 67.5 Å². The number of morpholine rings is 1. The molecule has 1 unspecified atom stereocenters. The Balaban J connectivity index is 1.34. The summed E-state index contributed by atoms with van der Waals surface area (Å²) in [4.78, 5) is 30.3. The first-order valence-electron chi connectivity index (χ1n) is 13.2. The summed E-state index contributed by atoms with van der Waals surface area (Å²) in [5.41, 5.74) is 2.97. The van der Waals surface area contributed by atoms with Gasteiger partial charge in [-0.2, -0.15) is 0 Å². The summed E-state index contributed by atoms with van der Waals surface area (Å²) in [6.45, 7) is 6.80. The molecular formula is C30H33N5O4S. The maximum atomic E-state index is 12.4. The van der Waals surface area contributed by atoms with Crippen LogP contribution in [0.5, 0.6) is 11.5 Å². The van der Waals surface area contributed by atoms with E-state index in [0.29, 0.717) is 50.2 Å². The molecule has 2 aromatic heterocycles. The lowest BCUT2D eigenvalue weighted by Gasteiger charge is -2.25. The summed E-state index contributed by atoms with van der Waals surface area (Å²) in [6, 6.07) is 16.2. The van der Waals surface area contributed by atoms with Gasteiger partial charge in [0.25, 0.3) is 5.91 Å². The Morgan fingerprint density at radius 1 is 1.12 bits per heavy atom. The van der Waals surface area contributed by atoms with Crippen LogP contribution in [0.1, 0.15) is 29.2 Å². The van der Waals surface area contributed by atoms with Crippen molar-refractivity contribution in [1.82, 2.24) is 14.9 Å². The summed E-state index contributed by atoms with van der Waals surface area (Å²) >= 11 is 1.72. The molecule has 1 atom stereocenters. The number of ether oxygens (including phenoxy) is 3. The number of benzene rings is 2. The van der Waals surface area contributed by atoms with Crippen LogP contribution < -0.4 is 14.8 Å². The number of hydrogen-bond acceptors (Lipinski definition) is 9. The molecule has 0 bridgehead atoms. The molecule has 1 aliphatic rings. The Morgan fingerprint density at radius 2 is 1.88 bits per heavy atom. The molecule has 40 heavy (non-hydrogen) atoms. The van der Waals surface area contributed by atoms with E-state index in [1.54, 1.807) is 30.5 Å². The number of amides is 1. The van der Waals surface area contributed by atoms with Gasteiger partial charge in [-0.05, 0) is 43.2 Å². The van der Waals surface area contributed by atoms with E-state index in [1.165, 1.54) is 11.1 Å². The minimum absolute atomic E-state index is 0.000624. The number of anilines is 1. The van der Waals surface area contributed by atoms with E-state index >= 15 is 0 Å². The molecule has 1 N–H and O–H groups in total. The number of aromatic nitrogens is 2. The number of aliphatic imine (C=N–C) groups is 1. The lowest BCUT2D eigenvalue weighted by molar-refractivity contribution is -0.127. The van der Waals surface area contributed by atoms with E-state index in [2.05, 4.69) is 46.5 Å². The third-order valence-electron chi connectivity index (χ3n) is 6.79. The van der Waals surface area contributed by atoms with Crippen molar-refractivity contribution in [3.8, 4) is 21.9 Å². The number of carbonyl (C=O) groups is 1. The molecule has 208 valence electrons. The molecule has 4 aromatic rings. The summed E-state index contributed by atoms with van der Waals surface area (Å²) in [5.74, 6) is 2.60. The molecular weight excluding hydrogens is 526 g/mol. The van der Waals surface area contributed by atoms with E-state index in [1.807, 2.05) is 31.2 Å². The SMILES string of the molecule is COc1cc2nc(C)nc(NC(C)c3ccc(-c4ccccc4CN=CC(=O)N4CCOCC4)s3)c2cc1OC. The van der Waals surface area contributed by atoms with E-state index in [0.717, 1.165) is 32.7 Å². The van der Waals surface area contributed by atoms with Crippen molar-refractivity contribution in [1.29, 1.82) is 0 Å². The molecule has 5 rings (SSSR count). The number of nitrogens with zero attached hydrogens (tertiary/aromatic N) is 4. The summed E-state index contributed by atoms with van der Waals surface area (Å²) in [7, 11) is 3.23. The Morgan fingerprint density at radius 3 is 2.65 bits per heavy atom. The second-order valence-electron chi connectivity index (χ2n) is 9.48. The number of rotatable bonds is 9. The highest BCUT2D eigenvalue weighted by Gasteiger charge is 2.17. The zero-order valence-corrected chi connectivity index (χ0v) is 24.0. The maximum absolute atomic E-state index is 12.4. The lowest BCUT2D eigenvalue weighted by atomic mass is 10.1. The monoisotopic (exact) mass is 559 g/mol. The standard InChI is InChI=1S/C30H33N5O4S/c1-19(32-30-23-15-25(37-3)26(38-4)16-24(23)33-20(2)34-30)27-9-10-28(40-27)22-8-6-5-7-21(22)17-31-18-29(36)35-11-13-39-14-12-35/h5-10,15-16,18-19H,11-14,17H2,1-4H3,(H,32,33,34). The molecule has 0 radical (unpaired) electrons. The molecule has 1 saturated heterocycles. The second-order valence-corrected chi connectivity index (χ2v) is 10.6. The largest absolute Gasteiger partial charge is 0.493 e. The number of aryl methyl sites for hydroxylation is 1. The minimum Gasteiger partial charge on any atom is -0.493 e. The van der Waals surface area contributed by atoms with Gasteiger partial charge in [0.1, 0.15) is 11.6 Å². The molecule has 10 heteroatoms. The van der Waals surface area contributed by atoms with Crippen LogP contribution in [0.3, 0.4) is 0 Å². The quantitative estimate of drug-likeness (QED) is 0.278. The number of carbonyl (C=O) groups excluding carboxylic acids is 1. The van der Waals surface area contributed by atoms with Crippen LogP contribution >= 0.6 is 11.3 Å². The second kappa shape index (κ2) is 12.4. The van der Waals surface area contributed by atoms with Gasteiger partial charge >= 0.3 is 0 Å². The fraction of sp³-hybridized carbons (Fsp3) is 0.333. The maximum Gasteiger partial charge on any atom is 0.264 e. The predicted molar refractivity (Wildman–Crippen MR) is 159 cm³/mol. The Bertz CT molecular complexity index is 1530. The van der Waals surface area contributed by atoms with Crippen molar-refractivity contribution in [2.45, 2.75) is 26.4 Å². The molecule has 0 aliphatic carbocycles. The van der Waals surface area contributed by atoms with Gasteiger partial charge in [0.15, 0.2) is 11.5 Å². The topological polar surface area (TPSA) is 98.2 Å². The first kappa shape index (κ1) is 27.5. The lowest BCUT2D eigenvalue weighted by Crippen LogP contribution is -2.41. The summed E-state index contributed by atoms with van der Waals surface area (Å²) in [5, 5.41) is 4.44. The first-order valence-corrected chi connectivity index (χ1v) is 14.0. The van der Waals surface area contributed by atoms with Gasteiger partial charge in [0.2, 0.25) is 0 Å². The highest BCUT2D eigenvalue weighted by molar-refractivity contribution is 7.15. The van der Waals surface area contributed by atoms with E-state index in [-0.39, 0.29) is 11.9 Å². The van der Waals surface area contributed by atoms with Gasteiger partial charge < -0.3 is 24.4 Å². The molecule has 1 aliphatic heterocycles. The smallest absolute Gasteiger partial charge is 0.264 e. The number of fused-ring (bicyclic) bond motifs is 1. The Labute approximate surface area is 237 Å². The normalized spacial score (nSPS) is 14.4. The molecule has 1 fully saturated rings. The van der Waals surface area contributed by atoms with Crippen LogP contribution in [0, 0.1) is 6.92 Å². The van der Waals surface area contributed by atoms with E-state index in [9.17, 15) is 4.79 Å². The van der Waals surface area contributed by atoms with Gasteiger partial charge in [-0.1, -0.05) is 24.3 Å². The Kier molecular flexibility index (Phi) is 8.57. The third kappa shape index (κ3) is 6.08. The van der Waals surface area contributed by atoms with Crippen LogP contribution in [-0.2, 0) is 16.1 Å². The zero-order valence-electron chi connectivity index (χ0n) is 23.1. The van der Waals surface area contributed by atoms with Crippen molar-refractivity contribution in [2.24, 2.45) is 4.99 Å². The zero-order chi connectivity index (χ0) is 28.1. The molecule has 9 nitrogen and oxygen atoms in total. The number of methoxy groups -OCH3 is 2. The molecule has 1 amide bonds. The number of nitrogens with one attached hydrogen (secondary N) is 1. The fourth-order valence-electron chi connectivity index (χ4n) is 4.67. The van der Waals surface area contributed by atoms with E-state index in [4.69, 9.17) is 19.2 Å². The van der Waals surface area contributed by atoms with Gasteiger partial charge in [0.05, 0.1) is 51.8 Å². The minimum atomic E-state index is -0.0670. The van der Waals surface area contributed by atoms with Crippen LogP contribution in [0.4, 0.5) is 5.82 Å². The number of hydrogen-bond donors (Lipinski definition) is 1. The van der Waals surface area contributed by atoms with Gasteiger partial charge in [-0.25, -0.2) is 9.97 Å². The summed E-state index contributed by atoms with van der Waals surface area (Å²) in [6.07, 6.45) is 1.44. The van der Waals surface area contributed by atoms with Crippen LogP contribution in [0.2, 0.25) is 0 Å². The van der Waals surface area contributed by atoms with Gasteiger partial charge in [-0.15, -0.1) is 11.3 Å². The van der Waals surface area contributed by atoms with Crippen molar-refractivity contribution in [3.05, 3.63) is 64.8 Å². The number of thiophene rings is 1. The van der Waals surface area contributed by atoms with Crippen LogP contribution in [0.25, 0.3) is 21.3 Å². The fourth-order valence-corrected chi connectivity index (χ4v) is 5.75. The summed E-state index contributed by atoms with van der Waals surface area (Å²) < 4.78 is 16.3. The first-order chi connectivity index (χ1) is 19.5. The molecule has 3 heterocycles. The third-order valence-corrected chi connectivity index (χ3v) is 8.09.